The van der Waals surface area contributed by atoms with Crippen molar-refractivity contribution in [2.24, 2.45) is 0 Å². The molecule has 2 aromatic carbocycles. The van der Waals surface area contributed by atoms with E-state index in [4.69, 9.17) is 9.47 Å². The second-order valence-electron chi connectivity index (χ2n) is 7.53. The maximum absolute atomic E-state index is 12.6. The van der Waals surface area contributed by atoms with Crippen LogP contribution in [0.2, 0.25) is 25.7 Å². The summed E-state index contributed by atoms with van der Waals surface area (Å²) in [5.74, 6) is -0.476. The van der Waals surface area contributed by atoms with Crippen LogP contribution in [0.1, 0.15) is 17.2 Å². The quantitative estimate of drug-likeness (QED) is 0.535. The van der Waals surface area contributed by atoms with Crippen LogP contribution < -0.4 is 5.32 Å². The van der Waals surface area contributed by atoms with Crippen LogP contribution in [0.15, 0.2) is 60.7 Å². The molecule has 0 saturated heterocycles. The lowest BCUT2D eigenvalue weighted by molar-refractivity contribution is -0.145. The van der Waals surface area contributed by atoms with Crippen molar-refractivity contribution in [2.75, 3.05) is 6.61 Å². The summed E-state index contributed by atoms with van der Waals surface area (Å²) < 4.78 is 10.7. The molecule has 0 fully saturated rings. The van der Waals surface area contributed by atoms with Crippen molar-refractivity contribution in [3.63, 3.8) is 0 Å². The van der Waals surface area contributed by atoms with E-state index >= 15 is 0 Å². The topological polar surface area (TPSA) is 64.6 Å². The summed E-state index contributed by atoms with van der Waals surface area (Å²) in [6.07, 6.45) is -0.658. The zero-order valence-electron chi connectivity index (χ0n) is 16.1. The molecule has 0 aliphatic heterocycles. The van der Waals surface area contributed by atoms with Gasteiger partial charge in [0.15, 0.2) is 6.04 Å². The Morgan fingerprint density at radius 2 is 1.52 bits per heavy atom. The lowest BCUT2D eigenvalue weighted by atomic mass is 10.1. The first-order valence-corrected chi connectivity index (χ1v) is 12.7. The van der Waals surface area contributed by atoms with Gasteiger partial charge >= 0.3 is 12.1 Å². The maximum Gasteiger partial charge on any atom is 0.408 e. The van der Waals surface area contributed by atoms with Crippen molar-refractivity contribution in [1.29, 1.82) is 0 Å². The second-order valence-corrected chi connectivity index (χ2v) is 13.1. The standard InChI is InChI=1S/C21H27NO4Si/c1-27(2,3)15-14-25-20(23)19(18-12-8-5-9-13-18)22-21(24)26-16-17-10-6-4-7-11-17/h4-13,19H,14-16H2,1-3H3,(H,22,24)/t19-/m1/s1. The molecule has 0 spiro atoms. The van der Waals surface area contributed by atoms with Gasteiger partial charge in [-0.05, 0) is 17.2 Å². The summed E-state index contributed by atoms with van der Waals surface area (Å²) in [5.41, 5.74) is 1.54. The largest absolute Gasteiger partial charge is 0.464 e. The van der Waals surface area contributed by atoms with Crippen LogP contribution in [-0.4, -0.2) is 26.7 Å². The number of hydrogen-bond donors (Lipinski definition) is 1. The predicted molar refractivity (Wildman–Crippen MR) is 108 cm³/mol. The van der Waals surface area contributed by atoms with Crippen LogP contribution in [0.4, 0.5) is 4.79 Å². The zero-order chi connectivity index (χ0) is 19.7. The molecule has 0 aromatic heterocycles. The minimum absolute atomic E-state index is 0.138. The van der Waals surface area contributed by atoms with Crippen molar-refractivity contribution < 1.29 is 19.1 Å². The summed E-state index contributed by atoms with van der Waals surface area (Å²) in [7, 11) is -1.31. The molecule has 0 bridgehead atoms. The third-order valence-electron chi connectivity index (χ3n) is 3.94. The molecule has 0 saturated carbocycles. The first-order chi connectivity index (χ1) is 12.8. The Kier molecular flexibility index (Phi) is 7.61. The van der Waals surface area contributed by atoms with Crippen LogP contribution >= 0.6 is 0 Å². The smallest absolute Gasteiger partial charge is 0.408 e. The van der Waals surface area contributed by atoms with E-state index < -0.39 is 26.2 Å². The van der Waals surface area contributed by atoms with E-state index in [1.165, 1.54) is 0 Å². The fourth-order valence-corrected chi connectivity index (χ4v) is 3.06. The van der Waals surface area contributed by atoms with Gasteiger partial charge in [-0.25, -0.2) is 9.59 Å². The number of ether oxygens (including phenoxy) is 2. The van der Waals surface area contributed by atoms with Gasteiger partial charge in [-0.1, -0.05) is 80.3 Å². The van der Waals surface area contributed by atoms with Crippen molar-refractivity contribution in [1.82, 2.24) is 5.32 Å². The van der Waals surface area contributed by atoms with Gasteiger partial charge in [-0.3, -0.25) is 0 Å². The van der Waals surface area contributed by atoms with Crippen molar-refractivity contribution in [2.45, 2.75) is 38.3 Å². The number of benzene rings is 2. The summed E-state index contributed by atoms with van der Waals surface area (Å²) in [6.45, 7) is 7.15. The van der Waals surface area contributed by atoms with Gasteiger partial charge in [0.05, 0.1) is 6.61 Å². The first kappa shape index (κ1) is 20.7. The molecular formula is C21H27NO4Si. The number of carbonyl (C=O) groups is 2. The minimum Gasteiger partial charge on any atom is -0.464 e. The minimum atomic E-state index is -1.31. The molecule has 0 radical (unpaired) electrons. The van der Waals surface area contributed by atoms with E-state index in [9.17, 15) is 9.59 Å². The molecule has 144 valence electrons. The Labute approximate surface area is 161 Å². The summed E-state index contributed by atoms with van der Waals surface area (Å²) >= 11 is 0. The van der Waals surface area contributed by atoms with Gasteiger partial charge in [0, 0.05) is 8.07 Å². The van der Waals surface area contributed by atoms with Gasteiger partial charge < -0.3 is 14.8 Å². The molecule has 1 N–H and O–H groups in total. The number of esters is 1. The molecule has 1 atom stereocenters. The van der Waals surface area contributed by atoms with Gasteiger partial charge in [0.1, 0.15) is 6.61 Å². The van der Waals surface area contributed by atoms with E-state index in [2.05, 4.69) is 25.0 Å². The maximum atomic E-state index is 12.6. The SMILES string of the molecule is C[Si](C)(C)CCOC(=O)[C@H](NC(=O)OCc1ccccc1)c1ccccc1. The van der Waals surface area contributed by atoms with Crippen LogP contribution in [-0.2, 0) is 20.9 Å². The molecule has 0 unspecified atom stereocenters. The van der Waals surface area contributed by atoms with E-state index in [1.807, 2.05) is 48.5 Å². The van der Waals surface area contributed by atoms with E-state index in [-0.39, 0.29) is 6.61 Å². The number of nitrogens with one attached hydrogen (secondary N) is 1. The van der Waals surface area contributed by atoms with Gasteiger partial charge in [-0.15, -0.1) is 0 Å². The third kappa shape index (κ3) is 7.66. The summed E-state index contributed by atoms with van der Waals surface area (Å²) in [5, 5.41) is 2.63. The molecule has 27 heavy (non-hydrogen) atoms. The molecule has 0 aliphatic carbocycles. The number of alkyl carbamates (subject to hydrolysis) is 1. The fourth-order valence-electron chi connectivity index (χ4n) is 2.35. The molecule has 0 heterocycles. The Balaban J connectivity index is 1.97. The molecule has 6 heteroatoms. The predicted octanol–water partition coefficient (Wildman–Crippen LogP) is 4.54. The highest BCUT2D eigenvalue weighted by Gasteiger charge is 2.25. The zero-order valence-corrected chi connectivity index (χ0v) is 17.1. The van der Waals surface area contributed by atoms with Crippen molar-refractivity contribution in [3.05, 3.63) is 71.8 Å². The van der Waals surface area contributed by atoms with Crippen molar-refractivity contribution >= 4 is 20.1 Å². The number of amides is 1. The van der Waals surface area contributed by atoms with Crippen LogP contribution in [0.25, 0.3) is 0 Å². The van der Waals surface area contributed by atoms with E-state index in [0.717, 1.165) is 11.6 Å². The van der Waals surface area contributed by atoms with Crippen LogP contribution in [0.5, 0.6) is 0 Å². The Morgan fingerprint density at radius 1 is 0.926 bits per heavy atom. The van der Waals surface area contributed by atoms with Gasteiger partial charge in [-0.2, -0.15) is 0 Å². The number of carbonyl (C=O) groups excluding carboxylic acids is 2. The normalized spacial score (nSPS) is 12.1. The second kappa shape index (κ2) is 9.92. The lowest BCUT2D eigenvalue weighted by Crippen LogP contribution is -2.36. The summed E-state index contributed by atoms with van der Waals surface area (Å²) in [6, 6.07) is 18.4. The Morgan fingerprint density at radius 3 is 2.11 bits per heavy atom. The van der Waals surface area contributed by atoms with Crippen molar-refractivity contribution in [3.8, 4) is 0 Å². The molecule has 0 aliphatic rings. The van der Waals surface area contributed by atoms with Gasteiger partial charge in [0.25, 0.3) is 0 Å². The fraction of sp³-hybridized carbons (Fsp3) is 0.333. The number of hydrogen-bond acceptors (Lipinski definition) is 4. The molecule has 2 rings (SSSR count). The first-order valence-electron chi connectivity index (χ1n) is 9.04. The van der Waals surface area contributed by atoms with E-state index in [0.29, 0.717) is 12.2 Å². The highest BCUT2D eigenvalue weighted by atomic mass is 28.3. The average molecular weight is 386 g/mol. The average Bonchev–Trinajstić information content (AvgIpc) is 2.65. The molecule has 1 amide bonds. The van der Waals surface area contributed by atoms with Crippen LogP contribution in [0.3, 0.4) is 0 Å². The molecule has 2 aromatic rings. The Hall–Kier alpha value is -2.60. The lowest BCUT2D eigenvalue weighted by Gasteiger charge is -2.20. The Bertz CT molecular complexity index is 729. The highest BCUT2D eigenvalue weighted by molar-refractivity contribution is 6.76. The van der Waals surface area contributed by atoms with Crippen LogP contribution in [0, 0.1) is 0 Å². The molecule has 5 nitrogen and oxygen atoms in total. The van der Waals surface area contributed by atoms with Gasteiger partial charge in [0.2, 0.25) is 0 Å². The number of rotatable bonds is 8. The highest BCUT2D eigenvalue weighted by Crippen LogP contribution is 2.16. The van der Waals surface area contributed by atoms with E-state index in [1.54, 1.807) is 12.1 Å². The third-order valence-corrected chi connectivity index (χ3v) is 5.64. The summed E-state index contributed by atoms with van der Waals surface area (Å²) in [4.78, 5) is 24.8. The molecular weight excluding hydrogens is 358 g/mol. The monoisotopic (exact) mass is 385 g/mol.